The van der Waals surface area contributed by atoms with Crippen LogP contribution in [-0.4, -0.2) is 0 Å². The van der Waals surface area contributed by atoms with Gasteiger partial charge in [-0.05, 0) is 36.3 Å². The fourth-order valence-electron chi connectivity index (χ4n) is 1.55. The van der Waals surface area contributed by atoms with Crippen LogP contribution in [0.2, 0.25) is 5.02 Å². The summed E-state index contributed by atoms with van der Waals surface area (Å²) in [5, 5.41) is 3.97. The predicted octanol–water partition coefficient (Wildman–Crippen LogP) is 4.81. The molecule has 0 bridgehead atoms. The Morgan fingerprint density at radius 2 is 1.82 bits per heavy atom. The molecule has 0 saturated heterocycles. The van der Waals surface area contributed by atoms with E-state index in [1.54, 1.807) is 0 Å². The van der Waals surface area contributed by atoms with Crippen molar-refractivity contribution in [2.75, 3.05) is 5.32 Å². The third kappa shape index (κ3) is 3.36. The second kappa shape index (κ2) is 5.55. The lowest BCUT2D eigenvalue weighted by atomic mass is 10.1. The lowest BCUT2D eigenvalue weighted by Gasteiger charge is -2.04. The second-order valence-electron chi connectivity index (χ2n) is 3.85. The van der Waals surface area contributed by atoms with E-state index in [1.807, 2.05) is 48.7 Å². The molecule has 0 spiro atoms. The third-order valence-electron chi connectivity index (χ3n) is 2.51. The topological polar surface area (TPSA) is 12.0 Å². The molecule has 1 N–H and O–H groups in total. The lowest BCUT2D eigenvalue weighted by molar-refractivity contribution is 1.52. The van der Waals surface area contributed by atoms with Crippen molar-refractivity contribution >= 4 is 22.9 Å². The SMILES string of the molecule is CC(=CNc1cccc(Cl)c1)c1ccccc1. The summed E-state index contributed by atoms with van der Waals surface area (Å²) in [5.41, 5.74) is 3.39. The molecule has 0 aromatic heterocycles. The molecule has 0 aliphatic heterocycles. The molecule has 0 fully saturated rings. The molecule has 2 aromatic rings. The number of nitrogens with one attached hydrogen (secondary N) is 1. The zero-order chi connectivity index (χ0) is 12.1. The number of halogens is 1. The van der Waals surface area contributed by atoms with Crippen molar-refractivity contribution in [2.24, 2.45) is 0 Å². The fourth-order valence-corrected chi connectivity index (χ4v) is 1.74. The summed E-state index contributed by atoms with van der Waals surface area (Å²) in [6, 6.07) is 17.9. The van der Waals surface area contributed by atoms with Crippen molar-refractivity contribution in [3.63, 3.8) is 0 Å². The van der Waals surface area contributed by atoms with E-state index in [4.69, 9.17) is 11.6 Å². The number of benzene rings is 2. The molecule has 0 aliphatic carbocycles. The van der Waals surface area contributed by atoms with Crippen LogP contribution in [0.5, 0.6) is 0 Å². The van der Waals surface area contributed by atoms with Crippen LogP contribution < -0.4 is 5.32 Å². The highest BCUT2D eigenvalue weighted by molar-refractivity contribution is 6.30. The largest absolute Gasteiger partial charge is 0.361 e. The maximum atomic E-state index is 5.92. The Bertz CT molecular complexity index is 517. The van der Waals surface area contributed by atoms with Gasteiger partial charge in [-0.15, -0.1) is 0 Å². The summed E-state index contributed by atoms with van der Waals surface area (Å²) in [4.78, 5) is 0. The average molecular weight is 244 g/mol. The molecular weight excluding hydrogens is 230 g/mol. The van der Waals surface area contributed by atoms with E-state index < -0.39 is 0 Å². The van der Waals surface area contributed by atoms with Crippen molar-refractivity contribution in [2.45, 2.75) is 6.92 Å². The first-order chi connectivity index (χ1) is 8.25. The highest BCUT2D eigenvalue weighted by Gasteiger charge is 1.94. The van der Waals surface area contributed by atoms with Gasteiger partial charge in [0.05, 0.1) is 0 Å². The summed E-state index contributed by atoms with van der Waals surface area (Å²) in [6.45, 7) is 2.08. The van der Waals surface area contributed by atoms with E-state index in [2.05, 4.69) is 24.4 Å². The number of rotatable bonds is 3. The van der Waals surface area contributed by atoms with Gasteiger partial charge in [0, 0.05) is 16.9 Å². The highest BCUT2D eigenvalue weighted by Crippen LogP contribution is 2.17. The van der Waals surface area contributed by atoms with Crippen molar-refractivity contribution in [1.29, 1.82) is 0 Å². The van der Waals surface area contributed by atoms with Crippen LogP contribution in [0.3, 0.4) is 0 Å². The predicted molar refractivity (Wildman–Crippen MR) is 75.2 cm³/mol. The van der Waals surface area contributed by atoms with Gasteiger partial charge < -0.3 is 5.32 Å². The van der Waals surface area contributed by atoms with Crippen LogP contribution >= 0.6 is 11.6 Å². The first kappa shape index (κ1) is 11.7. The molecule has 2 rings (SSSR count). The smallest absolute Gasteiger partial charge is 0.0426 e. The first-order valence-corrected chi connectivity index (χ1v) is 5.88. The molecule has 0 aliphatic rings. The molecule has 1 nitrogen and oxygen atoms in total. The van der Waals surface area contributed by atoms with Gasteiger partial charge >= 0.3 is 0 Å². The molecule has 0 heterocycles. The average Bonchev–Trinajstić information content (AvgIpc) is 2.37. The minimum atomic E-state index is 0.737. The molecule has 0 unspecified atom stereocenters. The van der Waals surface area contributed by atoms with Gasteiger partial charge in [0.15, 0.2) is 0 Å². The Hall–Kier alpha value is -1.73. The standard InChI is InChI=1S/C15H14ClN/c1-12(13-6-3-2-4-7-13)11-17-15-9-5-8-14(16)10-15/h2-11,17H,1H3. The zero-order valence-corrected chi connectivity index (χ0v) is 10.4. The van der Waals surface area contributed by atoms with Crippen molar-refractivity contribution in [3.8, 4) is 0 Å². The van der Waals surface area contributed by atoms with Crippen molar-refractivity contribution < 1.29 is 0 Å². The van der Waals surface area contributed by atoms with Crippen molar-refractivity contribution in [1.82, 2.24) is 0 Å². The molecule has 86 valence electrons. The number of anilines is 1. The third-order valence-corrected chi connectivity index (χ3v) is 2.74. The van der Waals surface area contributed by atoms with Crippen molar-refractivity contribution in [3.05, 3.63) is 71.4 Å². The number of allylic oxidation sites excluding steroid dienone is 1. The second-order valence-corrected chi connectivity index (χ2v) is 4.28. The number of hydrogen-bond donors (Lipinski definition) is 1. The molecule has 0 radical (unpaired) electrons. The van der Waals surface area contributed by atoms with E-state index in [1.165, 1.54) is 11.1 Å². The molecule has 2 aromatic carbocycles. The van der Waals surface area contributed by atoms with Crippen LogP contribution in [0, 0.1) is 0 Å². The fraction of sp³-hybridized carbons (Fsp3) is 0.0667. The number of hydrogen-bond acceptors (Lipinski definition) is 1. The zero-order valence-electron chi connectivity index (χ0n) is 9.65. The minimum absolute atomic E-state index is 0.737. The van der Waals surface area contributed by atoms with Crippen LogP contribution in [0.25, 0.3) is 5.57 Å². The normalized spacial score (nSPS) is 11.3. The molecule has 0 saturated carbocycles. The highest BCUT2D eigenvalue weighted by atomic mass is 35.5. The quantitative estimate of drug-likeness (QED) is 0.816. The van der Waals surface area contributed by atoms with Crippen LogP contribution in [0.1, 0.15) is 12.5 Å². The van der Waals surface area contributed by atoms with Gasteiger partial charge in [-0.25, -0.2) is 0 Å². The summed E-state index contributed by atoms with van der Waals surface area (Å²) < 4.78 is 0. The minimum Gasteiger partial charge on any atom is -0.361 e. The van der Waals surface area contributed by atoms with Gasteiger partial charge in [0.2, 0.25) is 0 Å². The van der Waals surface area contributed by atoms with Crippen LogP contribution in [-0.2, 0) is 0 Å². The molecular formula is C15H14ClN. The van der Waals surface area contributed by atoms with Gasteiger partial charge in [0.1, 0.15) is 0 Å². The molecule has 17 heavy (non-hydrogen) atoms. The van der Waals surface area contributed by atoms with Gasteiger partial charge in [-0.2, -0.15) is 0 Å². The Kier molecular flexibility index (Phi) is 3.84. The van der Waals surface area contributed by atoms with E-state index in [-0.39, 0.29) is 0 Å². The summed E-state index contributed by atoms with van der Waals surface area (Å²) >= 11 is 5.92. The van der Waals surface area contributed by atoms with E-state index in [9.17, 15) is 0 Å². The summed E-state index contributed by atoms with van der Waals surface area (Å²) in [7, 11) is 0. The molecule has 0 atom stereocenters. The summed E-state index contributed by atoms with van der Waals surface area (Å²) in [6.07, 6.45) is 1.99. The monoisotopic (exact) mass is 243 g/mol. The van der Waals surface area contributed by atoms with Gasteiger partial charge in [-0.1, -0.05) is 48.0 Å². The van der Waals surface area contributed by atoms with E-state index in [0.717, 1.165) is 10.7 Å². The molecule has 2 heteroatoms. The van der Waals surface area contributed by atoms with Gasteiger partial charge in [0.25, 0.3) is 0 Å². The van der Waals surface area contributed by atoms with Crippen LogP contribution in [0.15, 0.2) is 60.8 Å². The van der Waals surface area contributed by atoms with E-state index in [0.29, 0.717) is 0 Å². The summed E-state index contributed by atoms with van der Waals surface area (Å²) in [5.74, 6) is 0. The lowest BCUT2D eigenvalue weighted by Crippen LogP contribution is -1.89. The Morgan fingerprint density at radius 1 is 1.06 bits per heavy atom. The maximum Gasteiger partial charge on any atom is 0.0426 e. The molecule has 0 amide bonds. The Balaban J connectivity index is 2.11. The first-order valence-electron chi connectivity index (χ1n) is 5.50. The van der Waals surface area contributed by atoms with Gasteiger partial charge in [-0.3, -0.25) is 0 Å². The maximum absolute atomic E-state index is 5.92. The van der Waals surface area contributed by atoms with Crippen LogP contribution in [0.4, 0.5) is 5.69 Å². The Labute approximate surface area is 107 Å². The van der Waals surface area contributed by atoms with E-state index >= 15 is 0 Å². The Morgan fingerprint density at radius 3 is 2.53 bits per heavy atom.